The van der Waals surface area contributed by atoms with E-state index in [1.165, 1.54) is 24.3 Å². The van der Waals surface area contributed by atoms with Crippen LogP contribution in [0.1, 0.15) is 36.1 Å². The standard InChI is InChI=1S/C33H32F4N4O4S/c34-25-12-15-28(16-13-25)46(44,45)41-18-4-7-30(41)31(43)17-14-26-20-29(23-8-10-24(11-9-23)33(35,36)37)40-32(38-26)39-27(21-42)19-22-5-2-1-3-6-22/h1-3,5-6,8-13,15-16,20,27,30,42H,4,7,14,17-19,21H2,(H,38,39,40)/t27-,30+/m1/s1. The van der Waals surface area contributed by atoms with Crippen molar-refractivity contribution in [1.82, 2.24) is 14.3 Å². The molecule has 5 rings (SSSR count). The van der Waals surface area contributed by atoms with Gasteiger partial charge in [0.15, 0.2) is 5.78 Å². The zero-order chi connectivity index (χ0) is 32.9. The van der Waals surface area contributed by atoms with Crippen LogP contribution in [0.4, 0.5) is 23.5 Å². The lowest BCUT2D eigenvalue weighted by Crippen LogP contribution is -2.40. The summed E-state index contributed by atoms with van der Waals surface area (Å²) in [6.07, 6.45) is -3.19. The smallest absolute Gasteiger partial charge is 0.394 e. The summed E-state index contributed by atoms with van der Waals surface area (Å²) >= 11 is 0. The number of alkyl halides is 3. The van der Waals surface area contributed by atoms with E-state index < -0.39 is 39.7 Å². The van der Waals surface area contributed by atoms with Crippen molar-refractivity contribution in [2.45, 2.75) is 55.3 Å². The molecule has 1 aliphatic rings. The van der Waals surface area contributed by atoms with Crippen LogP contribution in [0.3, 0.4) is 0 Å². The maximum absolute atomic E-state index is 13.4. The van der Waals surface area contributed by atoms with Crippen molar-refractivity contribution >= 4 is 21.8 Å². The number of nitrogens with zero attached hydrogens (tertiary/aromatic N) is 3. The first-order valence-corrected chi connectivity index (χ1v) is 16.1. The maximum Gasteiger partial charge on any atom is 0.416 e. The second-order valence-electron chi connectivity index (χ2n) is 11.1. The first-order valence-electron chi connectivity index (χ1n) is 14.7. The van der Waals surface area contributed by atoms with Gasteiger partial charge in [-0.1, -0.05) is 42.5 Å². The van der Waals surface area contributed by atoms with Crippen LogP contribution in [0.2, 0.25) is 0 Å². The molecule has 0 unspecified atom stereocenters. The van der Waals surface area contributed by atoms with Crippen LogP contribution in [-0.4, -0.2) is 58.8 Å². The molecule has 2 heterocycles. The number of Topliss-reactive ketones (excluding diaryl/α,β-unsaturated/α-hetero) is 1. The molecule has 2 atom stereocenters. The van der Waals surface area contributed by atoms with E-state index in [1.807, 2.05) is 30.3 Å². The number of aliphatic hydroxyl groups is 1. The van der Waals surface area contributed by atoms with Gasteiger partial charge in [-0.25, -0.2) is 22.8 Å². The van der Waals surface area contributed by atoms with E-state index in [4.69, 9.17) is 0 Å². The van der Waals surface area contributed by atoms with Crippen LogP contribution in [0.15, 0.2) is 89.8 Å². The number of aromatic nitrogens is 2. The molecule has 1 saturated heterocycles. The normalized spacial score (nSPS) is 16.3. The van der Waals surface area contributed by atoms with Crippen molar-refractivity contribution < 1.29 is 35.9 Å². The average molecular weight is 657 g/mol. The van der Waals surface area contributed by atoms with Gasteiger partial charge in [-0.2, -0.15) is 17.5 Å². The van der Waals surface area contributed by atoms with Crippen molar-refractivity contribution in [2.24, 2.45) is 0 Å². The summed E-state index contributed by atoms with van der Waals surface area (Å²) in [5.74, 6) is -0.770. The fourth-order valence-corrected chi connectivity index (χ4v) is 7.10. The predicted molar refractivity (Wildman–Crippen MR) is 164 cm³/mol. The number of hydrogen-bond donors (Lipinski definition) is 2. The Kier molecular flexibility index (Phi) is 10.1. The molecule has 1 aliphatic heterocycles. The van der Waals surface area contributed by atoms with E-state index in [0.29, 0.717) is 36.2 Å². The second kappa shape index (κ2) is 14.1. The van der Waals surface area contributed by atoms with Gasteiger partial charge in [0.2, 0.25) is 16.0 Å². The molecule has 1 aromatic heterocycles. The molecule has 0 spiro atoms. The molecular formula is C33H32F4N4O4S. The Morgan fingerprint density at radius 1 is 1.00 bits per heavy atom. The number of aliphatic hydroxyl groups excluding tert-OH is 1. The van der Waals surface area contributed by atoms with Crippen molar-refractivity contribution in [1.29, 1.82) is 0 Å². The van der Waals surface area contributed by atoms with Gasteiger partial charge in [0.1, 0.15) is 5.82 Å². The molecule has 13 heteroatoms. The molecule has 0 amide bonds. The molecule has 0 bridgehead atoms. The van der Waals surface area contributed by atoms with Gasteiger partial charge >= 0.3 is 6.18 Å². The highest BCUT2D eigenvalue weighted by Crippen LogP contribution is 2.32. The number of carbonyl (C=O) groups is 1. The van der Waals surface area contributed by atoms with Crippen LogP contribution >= 0.6 is 0 Å². The summed E-state index contributed by atoms with van der Waals surface area (Å²) in [6.45, 7) is -0.101. The summed E-state index contributed by atoms with van der Waals surface area (Å²) in [5.41, 5.74) is 1.25. The molecular weight excluding hydrogens is 624 g/mol. The lowest BCUT2D eigenvalue weighted by Gasteiger charge is -2.23. The number of carbonyl (C=O) groups excluding carboxylic acids is 1. The largest absolute Gasteiger partial charge is 0.416 e. The molecule has 0 aliphatic carbocycles. The van der Waals surface area contributed by atoms with E-state index in [2.05, 4.69) is 15.3 Å². The molecule has 0 saturated carbocycles. The number of hydrogen-bond acceptors (Lipinski definition) is 7. The van der Waals surface area contributed by atoms with Gasteiger partial charge in [0.25, 0.3) is 0 Å². The van der Waals surface area contributed by atoms with Crippen molar-refractivity contribution in [2.75, 3.05) is 18.5 Å². The number of anilines is 1. The number of rotatable bonds is 12. The SMILES string of the molecule is O=C(CCc1cc(-c2ccc(C(F)(F)F)cc2)nc(N[C@@H](CO)Cc2ccccc2)n1)[C@@H]1CCCN1S(=O)(=O)c1ccc(F)cc1. The van der Waals surface area contributed by atoms with E-state index >= 15 is 0 Å². The fraction of sp³-hybridized carbons (Fsp3) is 0.303. The second-order valence-corrected chi connectivity index (χ2v) is 12.9. The third-order valence-corrected chi connectivity index (χ3v) is 9.71. The first kappa shape index (κ1) is 33.2. The van der Waals surface area contributed by atoms with Gasteiger partial charge in [0.05, 0.1) is 34.8 Å². The Morgan fingerprint density at radius 2 is 1.70 bits per heavy atom. The summed E-state index contributed by atoms with van der Waals surface area (Å²) in [7, 11) is -4.03. The van der Waals surface area contributed by atoms with Crippen LogP contribution in [-0.2, 0) is 33.8 Å². The zero-order valence-electron chi connectivity index (χ0n) is 24.6. The van der Waals surface area contributed by atoms with Crippen molar-refractivity contribution in [3.63, 3.8) is 0 Å². The number of ketones is 1. The number of halogens is 4. The van der Waals surface area contributed by atoms with Crippen LogP contribution in [0, 0.1) is 5.82 Å². The van der Waals surface area contributed by atoms with Gasteiger partial charge in [-0.05, 0) is 73.7 Å². The van der Waals surface area contributed by atoms with Gasteiger partial charge in [-0.3, -0.25) is 4.79 Å². The minimum absolute atomic E-state index is 0.0591. The Labute approximate surface area is 264 Å². The van der Waals surface area contributed by atoms with Gasteiger partial charge in [-0.15, -0.1) is 0 Å². The van der Waals surface area contributed by atoms with Crippen molar-refractivity contribution in [3.05, 3.63) is 108 Å². The Morgan fingerprint density at radius 3 is 2.35 bits per heavy atom. The van der Waals surface area contributed by atoms with Crippen LogP contribution < -0.4 is 5.32 Å². The van der Waals surface area contributed by atoms with Gasteiger partial charge < -0.3 is 10.4 Å². The summed E-state index contributed by atoms with van der Waals surface area (Å²) in [6, 6.07) is 18.6. The Hall–Kier alpha value is -4.20. The first-order chi connectivity index (χ1) is 21.9. The average Bonchev–Trinajstić information content (AvgIpc) is 3.55. The van der Waals surface area contributed by atoms with Crippen molar-refractivity contribution in [3.8, 4) is 11.3 Å². The van der Waals surface area contributed by atoms with E-state index in [9.17, 15) is 35.9 Å². The fourth-order valence-electron chi connectivity index (χ4n) is 5.42. The summed E-state index contributed by atoms with van der Waals surface area (Å²) in [4.78, 5) is 22.3. The predicted octanol–water partition coefficient (Wildman–Crippen LogP) is 5.67. The topological polar surface area (TPSA) is 112 Å². The molecule has 46 heavy (non-hydrogen) atoms. The third-order valence-electron chi connectivity index (χ3n) is 7.79. The lowest BCUT2D eigenvalue weighted by molar-refractivity contribution is -0.137. The molecule has 8 nitrogen and oxygen atoms in total. The minimum Gasteiger partial charge on any atom is -0.394 e. The number of nitrogens with one attached hydrogen (secondary N) is 1. The molecule has 242 valence electrons. The molecule has 1 fully saturated rings. The highest BCUT2D eigenvalue weighted by molar-refractivity contribution is 7.89. The van der Waals surface area contributed by atoms with E-state index in [1.54, 1.807) is 6.07 Å². The third kappa shape index (κ3) is 7.95. The Balaban J connectivity index is 1.37. The van der Waals surface area contributed by atoms with E-state index in [0.717, 1.165) is 34.1 Å². The molecule has 3 aromatic carbocycles. The number of aryl methyl sites for hydroxylation is 1. The van der Waals surface area contributed by atoms with Crippen LogP contribution in [0.5, 0.6) is 0 Å². The monoisotopic (exact) mass is 656 g/mol. The highest BCUT2D eigenvalue weighted by Gasteiger charge is 2.39. The number of sulfonamides is 1. The summed E-state index contributed by atoms with van der Waals surface area (Å²) in [5, 5.41) is 13.2. The maximum atomic E-state index is 13.4. The lowest BCUT2D eigenvalue weighted by atomic mass is 10.0. The molecule has 4 aromatic rings. The molecule has 0 radical (unpaired) electrons. The van der Waals surface area contributed by atoms with E-state index in [-0.39, 0.29) is 42.6 Å². The summed E-state index contributed by atoms with van der Waals surface area (Å²) < 4.78 is 80.6. The van der Waals surface area contributed by atoms with Crippen LogP contribution in [0.25, 0.3) is 11.3 Å². The minimum atomic E-state index is -4.51. The Bertz CT molecular complexity index is 1750. The quantitative estimate of drug-likeness (QED) is 0.189. The highest BCUT2D eigenvalue weighted by atomic mass is 32.2. The number of benzene rings is 3. The zero-order valence-corrected chi connectivity index (χ0v) is 25.4. The molecule has 2 N–H and O–H groups in total. The van der Waals surface area contributed by atoms with Gasteiger partial charge in [0, 0.05) is 24.2 Å².